The van der Waals surface area contributed by atoms with Crippen LogP contribution in [-0.4, -0.2) is 60.4 Å². The lowest BCUT2D eigenvalue weighted by Gasteiger charge is -2.33. The van der Waals surface area contributed by atoms with Crippen LogP contribution in [0.25, 0.3) is 21.3 Å². The first-order valence-electron chi connectivity index (χ1n) is 10.8. The number of benzene rings is 1. The summed E-state index contributed by atoms with van der Waals surface area (Å²) in [6, 6.07) is 7.04. The molecule has 3 aromatic rings. The van der Waals surface area contributed by atoms with E-state index in [0.29, 0.717) is 18.0 Å². The normalized spacial score (nSPS) is 15.6. The molecule has 3 heterocycles. The molecule has 0 spiro atoms. The molecule has 10 heteroatoms. The average molecular weight is 489 g/mol. The van der Waals surface area contributed by atoms with Crippen LogP contribution < -0.4 is 5.32 Å². The number of carbonyl (C=O) groups excluding carboxylic acids is 1. The Bertz CT molecular complexity index is 1260. The van der Waals surface area contributed by atoms with Crippen LogP contribution in [0, 0.1) is 0 Å². The first kappa shape index (κ1) is 23.4. The number of hydrogen-bond acceptors (Lipinski definition) is 8. The minimum Gasteiger partial charge on any atom is -0.444 e. The molecule has 1 N–H and O–H groups in total. The molecule has 2 aromatic heterocycles. The Morgan fingerprint density at radius 1 is 1.15 bits per heavy atom. The third kappa shape index (κ3) is 5.44. The van der Waals surface area contributed by atoms with Gasteiger partial charge in [-0.2, -0.15) is 0 Å². The molecule has 1 aliphatic rings. The van der Waals surface area contributed by atoms with Crippen molar-refractivity contribution in [2.24, 2.45) is 0 Å². The minimum absolute atomic E-state index is 0.196. The first-order valence-corrected chi connectivity index (χ1v) is 13.6. The molecule has 1 amide bonds. The number of ether oxygens (including phenoxy) is 1. The Hall–Kier alpha value is -2.72. The Kier molecular flexibility index (Phi) is 6.32. The maximum absolute atomic E-state index is 12.3. The molecule has 1 saturated heterocycles. The van der Waals surface area contributed by atoms with Crippen LogP contribution >= 0.6 is 11.3 Å². The molecule has 8 nitrogen and oxygen atoms in total. The highest BCUT2D eigenvalue weighted by Crippen LogP contribution is 2.36. The van der Waals surface area contributed by atoms with Crippen LogP contribution in [0.4, 0.5) is 10.6 Å². The summed E-state index contributed by atoms with van der Waals surface area (Å²) in [5.74, 6) is 0.778. The van der Waals surface area contributed by atoms with Crippen LogP contribution in [0.2, 0.25) is 0 Å². The molecule has 0 radical (unpaired) electrons. The summed E-state index contributed by atoms with van der Waals surface area (Å²) in [5, 5.41) is 5.55. The summed E-state index contributed by atoms with van der Waals surface area (Å²) >= 11 is 1.56. The molecule has 0 bridgehead atoms. The van der Waals surface area contributed by atoms with Crippen molar-refractivity contribution in [2.75, 3.05) is 24.7 Å². The fraction of sp³-hybridized carbons (Fsp3) is 0.435. The molecule has 0 saturated carbocycles. The highest BCUT2D eigenvalue weighted by Gasteiger charge is 2.27. The third-order valence-electron chi connectivity index (χ3n) is 5.43. The lowest BCUT2D eigenvalue weighted by molar-refractivity contribution is 0.0210. The zero-order chi connectivity index (χ0) is 23.8. The molecule has 4 rings (SSSR count). The number of nitrogens with zero attached hydrogens (tertiary/aromatic N) is 3. The lowest BCUT2D eigenvalue weighted by Crippen LogP contribution is -2.44. The van der Waals surface area contributed by atoms with Crippen molar-refractivity contribution in [3.05, 3.63) is 36.0 Å². The number of anilines is 1. The molecule has 0 atom stereocenters. The topological polar surface area (TPSA) is 101 Å². The van der Waals surface area contributed by atoms with Crippen molar-refractivity contribution in [3.63, 3.8) is 0 Å². The highest BCUT2D eigenvalue weighted by atomic mass is 32.2. The minimum atomic E-state index is -3.24. The number of nitrogens with one attached hydrogen (secondary N) is 1. The van der Waals surface area contributed by atoms with E-state index >= 15 is 0 Å². The molecule has 0 unspecified atom stereocenters. The van der Waals surface area contributed by atoms with Crippen molar-refractivity contribution >= 4 is 43.3 Å². The van der Waals surface area contributed by atoms with Gasteiger partial charge in [0, 0.05) is 36.3 Å². The van der Waals surface area contributed by atoms with Gasteiger partial charge in [0.15, 0.2) is 9.84 Å². The summed E-state index contributed by atoms with van der Waals surface area (Å²) in [7, 11) is -3.24. The van der Waals surface area contributed by atoms with Crippen molar-refractivity contribution < 1.29 is 17.9 Å². The number of carbonyl (C=O) groups is 1. The fourth-order valence-corrected chi connectivity index (χ4v) is 5.38. The van der Waals surface area contributed by atoms with Crippen molar-refractivity contribution in [1.82, 2.24) is 14.9 Å². The summed E-state index contributed by atoms with van der Waals surface area (Å²) in [5.41, 5.74) is 2.18. The van der Waals surface area contributed by atoms with Gasteiger partial charge in [0.05, 0.1) is 15.1 Å². The highest BCUT2D eigenvalue weighted by molar-refractivity contribution is 7.90. The van der Waals surface area contributed by atoms with Gasteiger partial charge in [-0.15, -0.1) is 11.3 Å². The van der Waals surface area contributed by atoms with E-state index in [2.05, 4.69) is 15.3 Å². The molecule has 1 fully saturated rings. The Balaban J connectivity index is 1.47. The number of thiophene rings is 1. The quantitative estimate of drug-likeness (QED) is 0.574. The molecule has 33 heavy (non-hydrogen) atoms. The van der Waals surface area contributed by atoms with E-state index in [-0.39, 0.29) is 12.1 Å². The number of rotatable bonds is 4. The van der Waals surface area contributed by atoms with Crippen LogP contribution in [0.1, 0.15) is 33.6 Å². The zero-order valence-corrected chi connectivity index (χ0v) is 20.8. The van der Waals surface area contributed by atoms with Gasteiger partial charge in [0.2, 0.25) is 0 Å². The molecule has 1 aromatic carbocycles. The maximum atomic E-state index is 12.3. The van der Waals surface area contributed by atoms with Crippen molar-refractivity contribution in [3.8, 4) is 11.1 Å². The van der Waals surface area contributed by atoms with E-state index in [0.717, 1.165) is 40.0 Å². The van der Waals surface area contributed by atoms with E-state index < -0.39 is 15.4 Å². The second kappa shape index (κ2) is 8.90. The monoisotopic (exact) mass is 488 g/mol. The third-order valence-corrected chi connectivity index (χ3v) is 7.54. The van der Waals surface area contributed by atoms with Gasteiger partial charge < -0.3 is 15.0 Å². The Morgan fingerprint density at radius 2 is 1.82 bits per heavy atom. The second-order valence-corrected chi connectivity index (χ2v) is 12.1. The molecular formula is C23H28N4O4S2. The number of sulfone groups is 1. The predicted octanol–water partition coefficient (Wildman–Crippen LogP) is 4.57. The zero-order valence-electron chi connectivity index (χ0n) is 19.2. The smallest absolute Gasteiger partial charge is 0.410 e. The van der Waals surface area contributed by atoms with Crippen LogP contribution in [0.5, 0.6) is 0 Å². The van der Waals surface area contributed by atoms with Gasteiger partial charge in [-0.3, -0.25) is 0 Å². The number of hydrogen-bond donors (Lipinski definition) is 1. The van der Waals surface area contributed by atoms with Crippen LogP contribution in [0.3, 0.4) is 0 Å². The van der Waals surface area contributed by atoms with E-state index in [1.165, 1.54) is 6.26 Å². The maximum Gasteiger partial charge on any atom is 0.410 e. The van der Waals surface area contributed by atoms with Gasteiger partial charge in [-0.05, 0) is 51.3 Å². The number of fused-ring (bicyclic) bond motifs is 1. The number of piperidine rings is 1. The number of amides is 1. The summed E-state index contributed by atoms with van der Waals surface area (Å²) in [6.45, 7) is 6.87. The SMILES string of the molecule is CC(C)(C)OC(=O)N1CCC(Nc2ncnc3c(-c4ccc(S(C)(=O)=O)cc4)csc23)CC1. The van der Waals surface area contributed by atoms with Gasteiger partial charge in [0.1, 0.15) is 17.7 Å². The lowest BCUT2D eigenvalue weighted by atomic mass is 10.1. The second-order valence-electron chi connectivity index (χ2n) is 9.23. The number of aromatic nitrogens is 2. The fourth-order valence-electron chi connectivity index (χ4n) is 3.77. The van der Waals surface area contributed by atoms with E-state index in [1.807, 2.05) is 26.2 Å². The van der Waals surface area contributed by atoms with Gasteiger partial charge >= 0.3 is 6.09 Å². The largest absolute Gasteiger partial charge is 0.444 e. The van der Waals surface area contributed by atoms with E-state index in [9.17, 15) is 13.2 Å². The van der Waals surface area contributed by atoms with Crippen LogP contribution in [-0.2, 0) is 14.6 Å². The Morgan fingerprint density at radius 3 is 2.42 bits per heavy atom. The first-order chi connectivity index (χ1) is 15.5. The molecular weight excluding hydrogens is 460 g/mol. The van der Waals surface area contributed by atoms with Crippen molar-refractivity contribution in [1.29, 1.82) is 0 Å². The van der Waals surface area contributed by atoms with Gasteiger partial charge in [-0.1, -0.05) is 12.1 Å². The average Bonchev–Trinajstić information content (AvgIpc) is 3.18. The molecule has 1 aliphatic heterocycles. The summed E-state index contributed by atoms with van der Waals surface area (Å²) in [6.07, 6.45) is 4.08. The van der Waals surface area contributed by atoms with Gasteiger partial charge in [0.25, 0.3) is 0 Å². The Labute approximate surface area is 197 Å². The van der Waals surface area contributed by atoms with Crippen molar-refractivity contribution in [2.45, 2.75) is 50.2 Å². The number of likely N-dealkylation sites (tertiary alicyclic amines) is 1. The summed E-state index contributed by atoms with van der Waals surface area (Å²) in [4.78, 5) is 23.3. The van der Waals surface area contributed by atoms with Crippen LogP contribution in [0.15, 0.2) is 40.9 Å². The predicted molar refractivity (Wildman–Crippen MR) is 130 cm³/mol. The summed E-state index contributed by atoms with van der Waals surface area (Å²) < 4.78 is 29.9. The van der Waals surface area contributed by atoms with E-state index in [1.54, 1.807) is 46.8 Å². The molecule has 176 valence electrons. The van der Waals surface area contributed by atoms with Gasteiger partial charge in [-0.25, -0.2) is 23.2 Å². The molecule has 0 aliphatic carbocycles. The standard InChI is InChI=1S/C23H28N4O4S2/c1-23(2,3)31-22(28)27-11-9-16(10-12-27)26-21-20-19(24-14-25-21)18(13-32-20)15-5-7-17(8-6-15)33(4,29)30/h5-8,13-14,16H,9-12H2,1-4H3,(H,24,25,26). The van der Waals surface area contributed by atoms with E-state index in [4.69, 9.17) is 4.74 Å².